The van der Waals surface area contributed by atoms with Gasteiger partial charge in [0.1, 0.15) is 5.75 Å². The number of carbonyl (C=O) groups is 2. The zero-order valence-electron chi connectivity index (χ0n) is 16.3. The topological polar surface area (TPSA) is 73.9 Å². The molecule has 144 valence electrons. The van der Waals surface area contributed by atoms with Crippen LogP contribution in [0.5, 0.6) is 5.75 Å². The summed E-state index contributed by atoms with van der Waals surface area (Å²) >= 11 is 0. The Labute approximate surface area is 155 Å². The van der Waals surface area contributed by atoms with Crippen LogP contribution in [0.4, 0.5) is 10.5 Å². The Morgan fingerprint density at radius 2 is 1.65 bits per heavy atom. The molecule has 1 aliphatic heterocycles. The molecule has 0 spiro atoms. The number of urea groups is 1. The molecule has 2 N–H and O–H groups in total. The minimum absolute atomic E-state index is 0.273. The normalized spacial score (nSPS) is 16.7. The standard InChI is InChI=1S/C19H30N4O3/c1-14(17(24)20-18(25)21-19(2,3)4)22-10-12-23(13-11-22)15-6-8-16(26-5)9-7-15/h6-9,14H,10-13H2,1-5H3,(H2,20,21,24,25)/t14-/m1/s1. The van der Waals surface area contributed by atoms with Crippen molar-refractivity contribution in [2.45, 2.75) is 39.3 Å². The molecule has 0 aromatic heterocycles. The molecule has 1 saturated heterocycles. The summed E-state index contributed by atoms with van der Waals surface area (Å²) in [7, 11) is 1.65. The highest BCUT2D eigenvalue weighted by atomic mass is 16.5. The van der Waals surface area contributed by atoms with Gasteiger partial charge in [0, 0.05) is 37.4 Å². The van der Waals surface area contributed by atoms with E-state index in [0.717, 1.165) is 37.6 Å². The summed E-state index contributed by atoms with van der Waals surface area (Å²) in [5, 5.41) is 5.17. The van der Waals surface area contributed by atoms with Gasteiger partial charge in [0.15, 0.2) is 0 Å². The number of nitrogens with zero attached hydrogens (tertiary/aromatic N) is 2. The highest BCUT2D eigenvalue weighted by Crippen LogP contribution is 2.21. The van der Waals surface area contributed by atoms with Crippen molar-refractivity contribution in [3.05, 3.63) is 24.3 Å². The zero-order chi connectivity index (χ0) is 19.3. The van der Waals surface area contributed by atoms with E-state index in [1.165, 1.54) is 0 Å². The fraction of sp³-hybridized carbons (Fsp3) is 0.579. The number of amides is 3. The van der Waals surface area contributed by atoms with E-state index in [2.05, 4.69) is 20.4 Å². The molecule has 1 aromatic rings. The molecule has 0 radical (unpaired) electrons. The first-order chi connectivity index (χ1) is 12.2. The average Bonchev–Trinajstić information content (AvgIpc) is 2.59. The van der Waals surface area contributed by atoms with Crippen LogP contribution >= 0.6 is 0 Å². The van der Waals surface area contributed by atoms with Crippen LogP contribution in [-0.4, -0.2) is 61.7 Å². The molecule has 1 aromatic carbocycles. The van der Waals surface area contributed by atoms with Gasteiger partial charge in [-0.1, -0.05) is 0 Å². The number of ether oxygens (including phenoxy) is 1. The molecule has 0 unspecified atom stereocenters. The second-order valence-electron chi connectivity index (χ2n) is 7.59. The monoisotopic (exact) mass is 362 g/mol. The maximum absolute atomic E-state index is 12.3. The third-order valence-electron chi connectivity index (χ3n) is 4.40. The molecule has 0 saturated carbocycles. The van der Waals surface area contributed by atoms with Crippen LogP contribution in [0.3, 0.4) is 0 Å². The van der Waals surface area contributed by atoms with E-state index in [-0.39, 0.29) is 17.5 Å². The number of piperazine rings is 1. The molecule has 2 rings (SSSR count). The van der Waals surface area contributed by atoms with E-state index in [1.54, 1.807) is 7.11 Å². The Bertz CT molecular complexity index is 617. The van der Waals surface area contributed by atoms with E-state index in [1.807, 2.05) is 52.0 Å². The van der Waals surface area contributed by atoms with E-state index in [9.17, 15) is 9.59 Å². The van der Waals surface area contributed by atoms with Gasteiger partial charge in [-0.2, -0.15) is 0 Å². The molecule has 1 atom stereocenters. The number of carbonyl (C=O) groups excluding carboxylic acids is 2. The molecule has 3 amide bonds. The zero-order valence-corrected chi connectivity index (χ0v) is 16.3. The van der Waals surface area contributed by atoms with Crippen molar-refractivity contribution in [2.75, 3.05) is 38.2 Å². The Kier molecular flexibility index (Phi) is 6.47. The number of nitrogens with one attached hydrogen (secondary N) is 2. The minimum Gasteiger partial charge on any atom is -0.497 e. The largest absolute Gasteiger partial charge is 0.497 e. The number of methoxy groups -OCH3 is 1. The van der Waals surface area contributed by atoms with Crippen molar-refractivity contribution in [2.24, 2.45) is 0 Å². The number of anilines is 1. The van der Waals surface area contributed by atoms with Crippen molar-refractivity contribution in [3.8, 4) is 5.75 Å². The maximum Gasteiger partial charge on any atom is 0.321 e. The molecule has 0 aliphatic carbocycles. The Hall–Kier alpha value is -2.28. The van der Waals surface area contributed by atoms with E-state index >= 15 is 0 Å². The number of benzene rings is 1. The number of rotatable bonds is 4. The summed E-state index contributed by atoms with van der Waals surface area (Å²) in [6, 6.07) is 7.19. The molecule has 7 nitrogen and oxygen atoms in total. The Morgan fingerprint density at radius 1 is 1.08 bits per heavy atom. The van der Waals surface area contributed by atoms with Crippen LogP contribution in [0.2, 0.25) is 0 Å². The minimum atomic E-state index is -0.453. The van der Waals surface area contributed by atoms with Gasteiger partial charge in [-0.05, 0) is 52.0 Å². The number of hydrogen-bond acceptors (Lipinski definition) is 5. The highest BCUT2D eigenvalue weighted by Gasteiger charge is 2.27. The predicted octanol–water partition coefficient (Wildman–Crippen LogP) is 1.83. The third-order valence-corrected chi connectivity index (χ3v) is 4.40. The van der Waals surface area contributed by atoms with Crippen molar-refractivity contribution < 1.29 is 14.3 Å². The lowest BCUT2D eigenvalue weighted by atomic mass is 10.1. The van der Waals surface area contributed by atoms with E-state index in [0.29, 0.717) is 0 Å². The van der Waals surface area contributed by atoms with Gasteiger partial charge >= 0.3 is 6.03 Å². The van der Waals surface area contributed by atoms with Crippen LogP contribution in [0.15, 0.2) is 24.3 Å². The van der Waals surface area contributed by atoms with Crippen molar-refractivity contribution in [3.63, 3.8) is 0 Å². The van der Waals surface area contributed by atoms with Gasteiger partial charge in [0.2, 0.25) is 5.91 Å². The molecule has 1 fully saturated rings. The van der Waals surface area contributed by atoms with Gasteiger partial charge in [0.25, 0.3) is 0 Å². The van der Waals surface area contributed by atoms with Crippen LogP contribution in [0, 0.1) is 0 Å². The second kappa shape index (κ2) is 8.40. The van der Waals surface area contributed by atoms with E-state index < -0.39 is 6.03 Å². The molecule has 1 aliphatic rings. The lowest BCUT2D eigenvalue weighted by Crippen LogP contribution is -2.56. The smallest absolute Gasteiger partial charge is 0.321 e. The van der Waals surface area contributed by atoms with Gasteiger partial charge < -0.3 is 15.0 Å². The molecular weight excluding hydrogens is 332 g/mol. The Balaban J connectivity index is 1.84. The fourth-order valence-electron chi connectivity index (χ4n) is 2.91. The molecule has 7 heteroatoms. The lowest BCUT2D eigenvalue weighted by molar-refractivity contribution is -0.124. The van der Waals surface area contributed by atoms with Crippen LogP contribution in [0.1, 0.15) is 27.7 Å². The summed E-state index contributed by atoms with van der Waals surface area (Å²) in [5.74, 6) is 0.566. The van der Waals surface area contributed by atoms with Crippen molar-refractivity contribution in [1.29, 1.82) is 0 Å². The van der Waals surface area contributed by atoms with Crippen LogP contribution in [-0.2, 0) is 4.79 Å². The second-order valence-corrected chi connectivity index (χ2v) is 7.59. The number of imide groups is 1. The first-order valence-corrected chi connectivity index (χ1v) is 8.95. The third kappa shape index (κ3) is 5.62. The van der Waals surface area contributed by atoms with Crippen LogP contribution < -0.4 is 20.3 Å². The lowest BCUT2D eigenvalue weighted by Gasteiger charge is -2.38. The summed E-state index contributed by atoms with van der Waals surface area (Å²) in [5.41, 5.74) is 0.768. The first-order valence-electron chi connectivity index (χ1n) is 8.95. The average molecular weight is 362 g/mol. The predicted molar refractivity (Wildman–Crippen MR) is 103 cm³/mol. The SMILES string of the molecule is COc1ccc(N2CCN([C@H](C)C(=O)NC(=O)NC(C)(C)C)CC2)cc1. The maximum atomic E-state index is 12.3. The molecule has 26 heavy (non-hydrogen) atoms. The summed E-state index contributed by atoms with van der Waals surface area (Å²) < 4.78 is 5.19. The molecule has 1 heterocycles. The molecule has 0 bridgehead atoms. The first kappa shape index (κ1) is 20.0. The highest BCUT2D eigenvalue weighted by molar-refractivity contribution is 5.97. The Morgan fingerprint density at radius 3 is 2.15 bits per heavy atom. The summed E-state index contributed by atoms with van der Waals surface area (Å²) in [4.78, 5) is 28.6. The summed E-state index contributed by atoms with van der Waals surface area (Å²) in [6.45, 7) is 10.7. The fourth-order valence-corrected chi connectivity index (χ4v) is 2.91. The van der Waals surface area contributed by atoms with Gasteiger partial charge in [-0.3, -0.25) is 15.0 Å². The quantitative estimate of drug-likeness (QED) is 0.855. The number of hydrogen-bond donors (Lipinski definition) is 2. The van der Waals surface area contributed by atoms with Gasteiger partial charge in [-0.15, -0.1) is 0 Å². The summed E-state index contributed by atoms with van der Waals surface area (Å²) in [6.07, 6.45) is 0. The van der Waals surface area contributed by atoms with Gasteiger partial charge in [-0.25, -0.2) is 4.79 Å². The van der Waals surface area contributed by atoms with Crippen LogP contribution in [0.25, 0.3) is 0 Å². The van der Waals surface area contributed by atoms with Gasteiger partial charge in [0.05, 0.1) is 13.2 Å². The molecular formula is C19H30N4O3. The van der Waals surface area contributed by atoms with E-state index in [4.69, 9.17) is 4.74 Å². The van der Waals surface area contributed by atoms with Crippen molar-refractivity contribution >= 4 is 17.6 Å². The van der Waals surface area contributed by atoms with Crippen molar-refractivity contribution in [1.82, 2.24) is 15.5 Å².